The fourth-order valence-electron chi connectivity index (χ4n) is 2.31. The molecule has 0 fully saturated rings. The lowest BCUT2D eigenvalue weighted by Crippen LogP contribution is -2.21. The second-order valence-electron chi connectivity index (χ2n) is 5.77. The number of carboxylic acid groups (broad SMARTS) is 1. The van der Waals surface area contributed by atoms with Crippen LogP contribution >= 0.6 is 0 Å². The van der Waals surface area contributed by atoms with Crippen LogP contribution in [0.1, 0.15) is 28.6 Å². The Morgan fingerprint density at radius 3 is 2.36 bits per heavy atom. The Balaban J connectivity index is 1.70. The van der Waals surface area contributed by atoms with Crippen molar-refractivity contribution in [1.82, 2.24) is 4.98 Å². The summed E-state index contributed by atoms with van der Waals surface area (Å²) >= 11 is 0. The second kappa shape index (κ2) is 7.55. The van der Waals surface area contributed by atoms with Gasteiger partial charge in [-0.1, -0.05) is 24.3 Å². The largest absolute Gasteiger partial charge is 0.542 e. The van der Waals surface area contributed by atoms with Gasteiger partial charge in [-0.25, -0.2) is 4.98 Å². The number of carbonyl (C=O) groups is 1. The second-order valence-corrected chi connectivity index (χ2v) is 5.77. The standard InChI is InChI=1S/C19H14F3N3O3/c1-11(24-25-17-9-6-14(10-23-17)19(20,21)22)12-2-4-13(5-3-12)15-7-8-16(28-15)18(26)27/h2-10H,1H3,(H,23,25)(H,26,27)/p-1/b24-11-. The lowest BCUT2D eigenvalue weighted by atomic mass is 10.1. The first kappa shape index (κ1) is 19.2. The van der Waals surface area contributed by atoms with Crippen LogP contribution in [0.3, 0.4) is 0 Å². The number of pyridine rings is 1. The van der Waals surface area contributed by atoms with Crippen molar-refractivity contribution in [3.63, 3.8) is 0 Å². The summed E-state index contributed by atoms with van der Waals surface area (Å²) in [5.41, 5.74) is 3.75. The summed E-state index contributed by atoms with van der Waals surface area (Å²) in [7, 11) is 0. The minimum Gasteiger partial charge on any atom is -0.542 e. The number of furan rings is 1. The van der Waals surface area contributed by atoms with Crippen LogP contribution in [0.4, 0.5) is 19.0 Å². The van der Waals surface area contributed by atoms with E-state index < -0.39 is 17.7 Å². The summed E-state index contributed by atoms with van der Waals surface area (Å²) in [6, 6.07) is 11.9. The molecule has 1 aromatic carbocycles. The van der Waals surface area contributed by atoms with Gasteiger partial charge in [0, 0.05) is 11.8 Å². The number of aromatic carboxylic acids is 1. The lowest BCUT2D eigenvalue weighted by molar-refractivity contribution is -0.257. The van der Waals surface area contributed by atoms with Gasteiger partial charge >= 0.3 is 6.18 Å². The number of benzene rings is 1. The molecule has 0 aliphatic carbocycles. The predicted octanol–water partition coefficient (Wildman–Crippen LogP) is 3.56. The van der Waals surface area contributed by atoms with E-state index >= 15 is 0 Å². The molecule has 0 unspecified atom stereocenters. The molecule has 2 aromatic heterocycles. The van der Waals surface area contributed by atoms with Crippen LogP contribution in [0.5, 0.6) is 0 Å². The van der Waals surface area contributed by atoms with E-state index in [0.29, 0.717) is 17.0 Å². The zero-order valence-corrected chi connectivity index (χ0v) is 14.4. The van der Waals surface area contributed by atoms with Gasteiger partial charge in [0.1, 0.15) is 23.3 Å². The molecule has 9 heteroatoms. The SMILES string of the molecule is C/C(=N/Nc1ccc(C(F)(F)F)cn1)c1ccc(-c2ccc(C(=O)[O-])o2)cc1. The molecule has 6 nitrogen and oxygen atoms in total. The van der Waals surface area contributed by atoms with Crippen molar-refractivity contribution in [1.29, 1.82) is 0 Å². The Morgan fingerprint density at radius 2 is 1.82 bits per heavy atom. The van der Waals surface area contributed by atoms with Gasteiger partial charge in [0.05, 0.1) is 11.3 Å². The molecule has 0 aliphatic rings. The van der Waals surface area contributed by atoms with Crippen molar-refractivity contribution in [2.75, 3.05) is 5.43 Å². The molecule has 0 radical (unpaired) electrons. The summed E-state index contributed by atoms with van der Waals surface area (Å²) in [5, 5.41) is 14.9. The van der Waals surface area contributed by atoms with Gasteiger partial charge in [0.2, 0.25) is 0 Å². The number of nitrogens with zero attached hydrogens (tertiary/aromatic N) is 2. The van der Waals surface area contributed by atoms with E-state index in [0.717, 1.165) is 17.8 Å². The van der Waals surface area contributed by atoms with Crippen LogP contribution in [0.15, 0.2) is 64.2 Å². The number of anilines is 1. The average molecular weight is 388 g/mol. The van der Waals surface area contributed by atoms with E-state index in [-0.39, 0.29) is 11.6 Å². The van der Waals surface area contributed by atoms with Crippen LogP contribution in [0, 0.1) is 0 Å². The number of hydrazone groups is 1. The molecule has 144 valence electrons. The van der Waals surface area contributed by atoms with Crippen LogP contribution < -0.4 is 10.5 Å². The van der Waals surface area contributed by atoms with Crippen molar-refractivity contribution in [2.45, 2.75) is 13.1 Å². The van der Waals surface area contributed by atoms with E-state index in [1.54, 1.807) is 31.2 Å². The summed E-state index contributed by atoms with van der Waals surface area (Å²) in [6.07, 6.45) is -3.71. The first-order valence-electron chi connectivity index (χ1n) is 7.99. The lowest BCUT2D eigenvalue weighted by Gasteiger charge is -2.07. The van der Waals surface area contributed by atoms with Crippen molar-refractivity contribution < 1.29 is 27.5 Å². The zero-order valence-electron chi connectivity index (χ0n) is 14.4. The maximum atomic E-state index is 12.5. The average Bonchev–Trinajstić information content (AvgIpc) is 3.16. The molecule has 0 atom stereocenters. The topological polar surface area (TPSA) is 90.5 Å². The van der Waals surface area contributed by atoms with Gasteiger partial charge in [0.25, 0.3) is 0 Å². The monoisotopic (exact) mass is 388 g/mol. The van der Waals surface area contributed by atoms with Crippen LogP contribution in [-0.4, -0.2) is 16.7 Å². The molecule has 0 amide bonds. The van der Waals surface area contributed by atoms with Gasteiger partial charge in [-0.15, -0.1) is 0 Å². The Kier molecular flexibility index (Phi) is 5.16. The molecule has 3 rings (SSSR count). The van der Waals surface area contributed by atoms with Crippen LogP contribution in [0.25, 0.3) is 11.3 Å². The van der Waals surface area contributed by atoms with E-state index in [9.17, 15) is 23.1 Å². The molecule has 0 saturated carbocycles. The van der Waals surface area contributed by atoms with Crippen molar-refractivity contribution in [3.05, 3.63) is 71.6 Å². The Labute approximate surface area is 157 Å². The maximum Gasteiger partial charge on any atom is 0.417 e. The van der Waals surface area contributed by atoms with E-state index in [2.05, 4.69) is 15.5 Å². The quantitative estimate of drug-likeness (QED) is 0.533. The molecular formula is C19H13F3N3O3-. The molecule has 28 heavy (non-hydrogen) atoms. The molecule has 3 aromatic rings. The minimum atomic E-state index is -4.44. The third-order valence-corrected chi connectivity index (χ3v) is 3.82. The highest BCUT2D eigenvalue weighted by Crippen LogP contribution is 2.29. The fraction of sp³-hybridized carbons (Fsp3) is 0.105. The molecule has 0 saturated heterocycles. The van der Waals surface area contributed by atoms with Gasteiger partial charge in [-0.2, -0.15) is 18.3 Å². The van der Waals surface area contributed by atoms with Gasteiger partial charge < -0.3 is 14.3 Å². The predicted molar refractivity (Wildman–Crippen MR) is 93.5 cm³/mol. The number of hydrogen-bond donors (Lipinski definition) is 1. The first-order chi connectivity index (χ1) is 13.2. The Morgan fingerprint density at radius 1 is 1.11 bits per heavy atom. The van der Waals surface area contributed by atoms with Gasteiger partial charge in [0.15, 0.2) is 0 Å². The maximum absolute atomic E-state index is 12.5. The minimum absolute atomic E-state index is 0.175. The van der Waals surface area contributed by atoms with Crippen molar-refractivity contribution in [3.8, 4) is 11.3 Å². The summed E-state index contributed by atoms with van der Waals surface area (Å²) in [5.74, 6) is -1.10. The highest BCUT2D eigenvalue weighted by atomic mass is 19.4. The summed E-state index contributed by atoms with van der Waals surface area (Å²) in [4.78, 5) is 14.4. The normalized spacial score (nSPS) is 12.1. The van der Waals surface area contributed by atoms with Crippen molar-refractivity contribution in [2.24, 2.45) is 5.10 Å². The highest BCUT2D eigenvalue weighted by molar-refractivity contribution is 5.99. The Bertz CT molecular complexity index is 1010. The summed E-state index contributed by atoms with van der Waals surface area (Å²) in [6.45, 7) is 1.72. The number of carbonyl (C=O) groups excluding carboxylic acids is 1. The number of halogens is 3. The zero-order chi connectivity index (χ0) is 20.3. The number of nitrogens with one attached hydrogen (secondary N) is 1. The Hall–Kier alpha value is -3.62. The number of alkyl halides is 3. The first-order valence-corrected chi connectivity index (χ1v) is 7.99. The molecule has 0 aliphatic heterocycles. The number of rotatable bonds is 5. The number of carboxylic acids is 1. The van der Waals surface area contributed by atoms with E-state index in [4.69, 9.17) is 4.42 Å². The van der Waals surface area contributed by atoms with Crippen molar-refractivity contribution >= 4 is 17.5 Å². The van der Waals surface area contributed by atoms with E-state index in [1.807, 2.05) is 0 Å². The number of hydrogen-bond acceptors (Lipinski definition) is 6. The van der Waals surface area contributed by atoms with Crippen LogP contribution in [0.2, 0.25) is 0 Å². The molecular weight excluding hydrogens is 375 g/mol. The number of aromatic nitrogens is 1. The molecule has 1 N–H and O–H groups in total. The third-order valence-electron chi connectivity index (χ3n) is 3.82. The molecule has 0 bridgehead atoms. The highest BCUT2D eigenvalue weighted by Gasteiger charge is 2.30. The molecule has 0 spiro atoms. The van der Waals surface area contributed by atoms with E-state index in [1.165, 1.54) is 18.2 Å². The van der Waals surface area contributed by atoms with Gasteiger partial charge in [-0.3, -0.25) is 5.43 Å². The summed E-state index contributed by atoms with van der Waals surface area (Å²) < 4.78 is 42.8. The smallest absolute Gasteiger partial charge is 0.417 e. The third kappa shape index (κ3) is 4.37. The molecule has 2 heterocycles. The van der Waals surface area contributed by atoms with Gasteiger partial charge in [-0.05, 0) is 36.8 Å². The fourth-order valence-corrected chi connectivity index (χ4v) is 2.31. The van der Waals surface area contributed by atoms with Crippen LogP contribution in [-0.2, 0) is 6.18 Å².